The summed E-state index contributed by atoms with van der Waals surface area (Å²) in [5.41, 5.74) is 17.8. The smallest absolute Gasteiger partial charge is 0.119 e. The molecule has 0 N–H and O–H groups in total. The van der Waals surface area contributed by atoms with Gasteiger partial charge >= 0.3 is 0 Å². The molecule has 0 bridgehead atoms. The number of fused-ring (bicyclic) bond motifs is 1. The number of methoxy groups -OCH3 is 1. The molecule has 0 heterocycles. The standard InChI is InChI=1S/C52H59NO2/c1-8-9-12-15-40-16-18-41(19-17-40)42-23-25-47(36(2)32-42)49-27-28-50(38(4)37(49)3)51-29-26-48(39(5)52(51)35-53-6)45-21-20-44-34-46(24-22-43(44)33-45)55-31-14-11-10-13-30-54-7/h16-29,32-35H,8-15,30-31H2,1-7H3. The van der Waals surface area contributed by atoms with Crippen LogP contribution in [-0.4, -0.2) is 33.6 Å². The van der Waals surface area contributed by atoms with Crippen molar-refractivity contribution < 1.29 is 9.47 Å². The fourth-order valence-corrected chi connectivity index (χ4v) is 7.94. The van der Waals surface area contributed by atoms with Crippen molar-refractivity contribution in [3.8, 4) is 50.3 Å². The third kappa shape index (κ3) is 9.46. The number of rotatable bonds is 17. The van der Waals surface area contributed by atoms with E-state index in [0.29, 0.717) is 0 Å². The zero-order valence-corrected chi connectivity index (χ0v) is 34.2. The summed E-state index contributed by atoms with van der Waals surface area (Å²) >= 11 is 0. The maximum absolute atomic E-state index is 6.10. The van der Waals surface area contributed by atoms with Gasteiger partial charge in [-0.05, 0) is 161 Å². The van der Waals surface area contributed by atoms with Gasteiger partial charge < -0.3 is 9.47 Å². The van der Waals surface area contributed by atoms with Gasteiger partial charge in [0.15, 0.2) is 0 Å². The van der Waals surface area contributed by atoms with Crippen molar-refractivity contribution in [2.75, 3.05) is 27.4 Å². The van der Waals surface area contributed by atoms with Crippen LogP contribution in [0.1, 0.15) is 85.3 Å². The molecule has 55 heavy (non-hydrogen) atoms. The van der Waals surface area contributed by atoms with E-state index in [-0.39, 0.29) is 0 Å². The predicted octanol–water partition coefficient (Wildman–Crippen LogP) is 14.1. The number of hydrogen-bond donors (Lipinski definition) is 0. The van der Waals surface area contributed by atoms with Crippen LogP contribution in [0.15, 0.2) is 108 Å². The molecule has 0 fully saturated rings. The Balaban J connectivity index is 1.22. The van der Waals surface area contributed by atoms with Crippen molar-refractivity contribution in [3.63, 3.8) is 0 Å². The molecular formula is C52H59NO2. The first-order chi connectivity index (χ1) is 26.8. The second kappa shape index (κ2) is 19.0. The van der Waals surface area contributed by atoms with Gasteiger partial charge in [0.25, 0.3) is 0 Å². The summed E-state index contributed by atoms with van der Waals surface area (Å²) in [4.78, 5) is 4.54. The maximum Gasteiger partial charge on any atom is 0.119 e. The molecule has 0 spiro atoms. The molecule has 0 radical (unpaired) electrons. The molecule has 0 aromatic heterocycles. The second-order valence-corrected chi connectivity index (χ2v) is 15.2. The monoisotopic (exact) mass is 729 g/mol. The largest absolute Gasteiger partial charge is 0.494 e. The predicted molar refractivity (Wildman–Crippen MR) is 237 cm³/mol. The Labute approximate surface area is 330 Å². The Morgan fingerprint density at radius 2 is 1.15 bits per heavy atom. The molecule has 0 saturated carbocycles. The average Bonchev–Trinajstić information content (AvgIpc) is 3.20. The minimum Gasteiger partial charge on any atom is -0.494 e. The lowest BCUT2D eigenvalue weighted by Gasteiger charge is -2.19. The van der Waals surface area contributed by atoms with Gasteiger partial charge in [-0.15, -0.1) is 0 Å². The normalized spacial score (nSPS) is 11.5. The highest BCUT2D eigenvalue weighted by atomic mass is 16.5. The van der Waals surface area contributed by atoms with Crippen molar-refractivity contribution >= 4 is 17.0 Å². The third-order valence-electron chi connectivity index (χ3n) is 11.4. The summed E-state index contributed by atoms with van der Waals surface area (Å²) in [6.07, 6.45) is 11.5. The Morgan fingerprint density at radius 3 is 1.85 bits per heavy atom. The highest BCUT2D eigenvalue weighted by Crippen LogP contribution is 2.39. The fraction of sp³-hybridized carbons (Fsp3) is 0.327. The van der Waals surface area contributed by atoms with Gasteiger partial charge in [0, 0.05) is 32.5 Å². The van der Waals surface area contributed by atoms with Gasteiger partial charge in [-0.2, -0.15) is 0 Å². The van der Waals surface area contributed by atoms with Crippen LogP contribution in [-0.2, 0) is 11.2 Å². The van der Waals surface area contributed by atoms with Crippen LogP contribution in [0.4, 0.5) is 0 Å². The number of ether oxygens (including phenoxy) is 2. The highest BCUT2D eigenvalue weighted by molar-refractivity contribution is 5.97. The summed E-state index contributed by atoms with van der Waals surface area (Å²) in [7, 11) is 3.63. The lowest BCUT2D eigenvalue weighted by Crippen LogP contribution is -1.99. The van der Waals surface area contributed by atoms with Crippen molar-refractivity contribution in [1.82, 2.24) is 0 Å². The first-order valence-corrected chi connectivity index (χ1v) is 20.4. The highest BCUT2D eigenvalue weighted by Gasteiger charge is 2.17. The first-order valence-electron chi connectivity index (χ1n) is 20.4. The molecule has 0 aliphatic heterocycles. The molecule has 284 valence electrons. The topological polar surface area (TPSA) is 30.8 Å². The fourth-order valence-electron chi connectivity index (χ4n) is 7.94. The maximum atomic E-state index is 6.10. The molecule has 3 heteroatoms. The van der Waals surface area contributed by atoms with Crippen LogP contribution >= 0.6 is 0 Å². The summed E-state index contributed by atoms with van der Waals surface area (Å²) in [6.45, 7) is 12.8. The van der Waals surface area contributed by atoms with Crippen LogP contribution in [0, 0.1) is 27.7 Å². The Kier molecular flexibility index (Phi) is 13.7. The summed E-state index contributed by atoms with van der Waals surface area (Å²) in [5, 5.41) is 2.40. The quantitative estimate of drug-likeness (QED) is 0.0691. The zero-order chi connectivity index (χ0) is 38.7. The van der Waals surface area contributed by atoms with Crippen molar-refractivity contribution in [2.45, 2.75) is 86.0 Å². The van der Waals surface area contributed by atoms with E-state index in [0.717, 1.165) is 44.6 Å². The SMILES string of the molecule is CCCCCc1ccc(-c2ccc(-c3ccc(-c4ccc(-c5ccc6cc(OCCCCCCOC)ccc6c5)c(C)c4C=NC)c(C)c3C)c(C)c2)cc1. The number of unbranched alkanes of at least 4 members (excludes halogenated alkanes) is 5. The Hall–Kier alpha value is -4.99. The van der Waals surface area contributed by atoms with E-state index < -0.39 is 0 Å². The number of nitrogens with zero attached hydrogens (tertiary/aromatic N) is 1. The van der Waals surface area contributed by atoms with E-state index in [1.165, 1.54) is 114 Å². The van der Waals surface area contributed by atoms with Crippen LogP contribution in [0.5, 0.6) is 5.75 Å². The molecule has 0 aliphatic rings. The zero-order valence-electron chi connectivity index (χ0n) is 34.2. The minimum absolute atomic E-state index is 0.743. The van der Waals surface area contributed by atoms with Gasteiger partial charge in [0.2, 0.25) is 0 Å². The van der Waals surface area contributed by atoms with Gasteiger partial charge in [0.1, 0.15) is 5.75 Å². The van der Waals surface area contributed by atoms with E-state index >= 15 is 0 Å². The van der Waals surface area contributed by atoms with Crippen molar-refractivity contribution in [2.24, 2.45) is 4.99 Å². The number of aryl methyl sites for hydroxylation is 2. The van der Waals surface area contributed by atoms with E-state index in [4.69, 9.17) is 9.47 Å². The molecule has 0 unspecified atom stereocenters. The van der Waals surface area contributed by atoms with E-state index in [1.807, 2.05) is 13.3 Å². The molecule has 6 aromatic carbocycles. The van der Waals surface area contributed by atoms with Crippen LogP contribution in [0.25, 0.3) is 55.3 Å². The van der Waals surface area contributed by atoms with Gasteiger partial charge in [-0.1, -0.05) is 111 Å². The first kappa shape index (κ1) is 39.7. The van der Waals surface area contributed by atoms with Gasteiger partial charge in [-0.25, -0.2) is 0 Å². The van der Waals surface area contributed by atoms with E-state index in [1.54, 1.807) is 7.11 Å². The van der Waals surface area contributed by atoms with Crippen molar-refractivity contribution in [1.29, 1.82) is 0 Å². The van der Waals surface area contributed by atoms with E-state index in [9.17, 15) is 0 Å². The molecule has 0 saturated heterocycles. The number of hydrogen-bond acceptors (Lipinski definition) is 3. The second-order valence-electron chi connectivity index (χ2n) is 15.2. The summed E-state index contributed by atoms with van der Waals surface area (Å²) in [6, 6.07) is 38.5. The Bertz CT molecular complexity index is 2240. The average molecular weight is 730 g/mol. The van der Waals surface area contributed by atoms with Crippen LogP contribution in [0.2, 0.25) is 0 Å². The summed E-state index contributed by atoms with van der Waals surface area (Å²) in [5.74, 6) is 0.932. The van der Waals surface area contributed by atoms with Gasteiger partial charge in [0.05, 0.1) is 6.61 Å². The summed E-state index contributed by atoms with van der Waals surface area (Å²) < 4.78 is 11.3. The van der Waals surface area contributed by atoms with Gasteiger partial charge in [-0.3, -0.25) is 4.99 Å². The molecule has 6 rings (SSSR count). The van der Waals surface area contributed by atoms with Crippen molar-refractivity contribution in [3.05, 3.63) is 137 Å². The van der Waals surface area contributed by atoms with Crippen LogP contribution in [0.3, 0.4) is 0 Å². The molecule has 3 nitrogen and oxygen atoms in total. The lowest BCUT2D eigenvalue weighted by molar-refractivity contribution is 0.191. The van der Waals surface area contributed by atoms with E-state index in [2.05, 4.69) is 143 Å². The molecule has 6 aromatic rings. The molecule has 0 atom stereocenters. The number of aliphatic imine (C=N–C) groups is 1. The lowest BCUT2D eigenvalue weighted by atomic mass is 9.85. The van der Waals surface area contributed by atoms with Crippen LogP contribution < -0.4 is 4.74 Å². The minimum atomic E-state index is 0.743. The molecule has 0 aliphatic carbocycles. The molecular weight excluding hydrogens is 671 g/mol. The number of benzene rings is 6. The third-order valence-corrected chi connectivity index (χ3v) is 11.4. The Morgan fingerprint density at radius 1 is 0.527 bits per heavy atom. The molecule has 0 amide bonds.